The van der Waals surface area contributed by atoms with E-state index in [2.05, 4.69) is 5.32 Å². The molecule has 1 aromatic rings. The van der Waals surface area contributed by atoms with Gasteiger partial charge in [0.15, 0.2) is 0 Å². The third-order valence-corrected chi connectivity index (χ3v) is 1.84. The van der Waals surface area contributed by atoms with Gasteiger partial charge < -0.3 is 21.3 Å². The van der Waals surface area contributed by atoms with Gasteiger partial charge in [0, 0.05) is 6.54 Å². The van der Waals surface area contributed by atoms with E-state index in [0.29, 0.717) is 6.54 Å². The summed E-state index contributed by atoms with van der Waals surface area (Å²) in [7, 11) is 0. The van der Waals surface area contributed by atoms with Crippen molar-refractivity contribution in [3.8, 4) is 0 Å². The summed E-state index contributed by atoms with van der Waals surface area (Å²) < 4.78 is 0. The van der Waals surface area contributed by atoms with E-state index in [-0.39, 0.29) is 19.0 Å². The number of hydrogen-bond acceptors (Lipinski definition) is 4. The highest BCUT2D eigenvalue weighted by Gasteiger charge is 1.99. The maximum absolute atomic E-state index is 10.1. The second-order valence-corrected chi connectivity index (χ2v) is 3.61. The first-order valence-corrected chi connectivity index (χ1v) is 5.38. The molecule has 1 rings (SSSR count). The SMILES string of the molecule is C[C@H](N)C(=O)O.Cl.O=C(O)CNCc1ccccc1. The fourth-order valence-corrected chi connectivity index (χ4v) is 0.910. The van der Waals surface area contributed by atoms with Crippen LogP contribution < -0.4 is 11.1 Å². The second kappa shape index (κ2) is 11.5. The highest BCUT2D eigenvalue weighted by Crippen LogP contribution is 1.96. The highest BCUT2D eigenvalue weighted by atomic mass is 35.5. The van der Waals surface area contributed by atoms with E-state index in [9.17, 15) is 9.59 Å². The van der Waals surface area contributed by atoms with Crippen molar-refractivity contribution < 1.29 is 19.8 Å². The Hall–Kier alpha value is -1.63. The monoisotopic (exact) mass is 290 g/mol. The molecule has 1 atom stereocenters. The quantitative estimate of drug-likeness (QED) is 0.635. The Morgan fingerprint density at radius 3 is 2.11 bits per heavy atom. The van der Waals surface area contributed by atoms with Crippen molar-refractivity contribution in [2.75, 3.05) is 6.54 Å². The molecule has 0 aliphatic heterocycles. The van der Waals surface area contributed by atoms with Crippen LogP contribution in [0.5, 0.6) is 0 Å². The van der Waals surface area contributed by atoms with E-state index in [1.54, 1.807) is 0 Å². The van der Waals surface area contributed by atoms with Gasteiger partial charge in [-0.15, -0.1) is 12.4 Å². The summed E-state index contributed by atoms with van der Waals surface area (Å²) in [6, 6.07) is 8.96. The van der Waals surface area contributed by atoms with Gasteiger partial charge in [-0.1, -0.05) is 30.3 Å². The zero-order chi connectivity index (χ0) is 14.0. The lowest BCUT2D eigenvalue weighted by Crippen LogP contribution is -2.25. The van der Waals surface area contributed by atoms with Gasteiger partial charge in [-0.05, 0) is 12.5 Å². The number of carboxylic acids is 2. The fraction of sp³-hybridized carbons (Fsp3) is 0.333. The molecule has 0 amide bonds. The zero-order valence-corrected chi connectivity index (χ0v) is 11.4. The molecule has 0 bridgehead atoms. The molecule has 7 heteroatoms. The molecule has 0 saturated carbocycles. The van der Waals surface area contributed by atoms with Crippen LogP contribution in [0.15, 0.2) is 30.3 Å². The zero-order valence-electron chi connectivity index (χ0n) is 10.6. The molecule has 0 unspecified atom stereocenters. The normalized spacial score (nSPS) is 10.4. The number of carbonyl (C=O) groups is 2. The largest absolute Gasteiger partial charge is 0.480 e. The fourth-order valence-electron chi connectivity index (χ4n) is 0.910. The van der Waals surface area contributed by atoms with Gasteiger partial charge in [-0.3, -0.25) is 9.59 Å². The van der Waals surface area contributed by atoms with E-state index < -0.39 is 18.0 Å². The molecule has 0 fully saturated rings. The third-order valence-electron chi connectivity index (χ3n) is 1.84. The van der Waals surface area contributed by atoms with Crippen LogP contribution in [-0.4, -0.2) is 34.7 Å². The van der Waals surface area contributed by atoms with Crippen LogP contribution in [0.1, 0.15) is 12.5 Å². The Kier molecular flexibility index (Phi) is 11.9. The van der Waals surface area contributed by atoms with Crippen LogP contribution in [0.3, 0.4) is 0 Å². The summed E-state index contributed by atoms with van der Waals surface area (Å²) in [5, 5.41) is 19.0. The summed E-state index contributed by atoms with van der Waals surface area (Å²) in [6.07, 6.45) is 0. The lowest BCUT2D eigenvalue weighted by molar-refractivity contribution is -0.138. The number of halogens is 1. The van der Waals surface area contributed by atoms with Crippen LogP contribution in [-0.2, 0) is 16.1 Å². The number of aliphatic carboxylic acids is 2. The first kappa shape index (κ1) is 19.7. The standard InChI is InChI=1S/C9H11NO2.C3H7NO2.ClH/c11-9(12)7-10-6-8-4-2-1-3-5-8;1-2(4)3(5)6;/h1-5,10H,6-7H2,(H,11,12);2H,4H2,1H3,(H,5,6);1H/t;2-;/m.0./s1. The molecule has 5 N–H and O–H groups in total. The summed E-state index contributed by atoms with van der Waals surface area (Å²) in [6.45, 7) is 2.03. The molecule has 0 radical (unpaired) electrons. The van der Waals surface area contributed by atoms with Crippen molar-refractivity contribution in [3.05, 3.63) is 35.9 Å². The maximum atomic E-state index is 10.1. The highest BCUT2D eigenvalue weighted by molar-refractivity contribution is 5.85. The first-order chi connectivity index (χ1) is 8.43. The molecule has 6 nitrogen and oxygen atoms in total. The van der Waals surface area contributed by atoms with Gasteiger partial charge in [0.2, 0.25) is 0 Å². The van der Waals surface area contributed by atoms with Crippen molar-refractivity contribution in [1.29, 1.82) is 0 Å². The van der Waals surface area contributed by atoms with Crippen LogP contribution in [0.2, 0.25) is 0 Å². The number of hydrogen-bond donors (Lipinski definition) is 4. The van der Waals surface area contributed by atoms with Gasteiger partial charge >= 0.3 is 11.9 Å². The van der Waals surface area contributed by atoms with E-state index in [1.807, 2.05) is 30.3 Å². The summed E-state index contributed by atoms with van der Waals surface area (Å²) in [5.41, 5.74) is 5.93. The molecule has 0 aliphatic carbocycles. The van der Waals surface area contributed by atoms with Crippen molar-refractivity contribution in [1.82, 2.24) is 5.32 Å². The van der Waals surface area contributed by atoms with E-state index in [1.165, 1.54) is 6.92 Å². The Labute approximate surface area is 118 Å². The Morgan fingerprint density at radius 2 is 1.74 bits per heavy atom. The number of rotatable bonds is 5. The van der Waals surface area contributed by atoms with Crippen LogP contribution in [0.4, 0.5) is 0 Å². The molecule has 0 heterocycles. The number of nitrogens with one attached hydrogen (secondary N) is 1. The van der Waals surface area contributed by atoms with Crippen molar-refractivity contribution in [2.45, 2.75) is 19.5 Å². The Bertz CT molecular complexity index is 371. The minimum absolute atomic E-state index is 0. The summed E-state index contributed by atoms with van der Waals surface area (Å²) in [4.78, 5) is 19.7. The Morgan fingerprint density at radius 1 is 1.26 bits per heavy atom. The van der Waals surface area contributed by atoms with Crippen molar-refractivity contribution >= 4 is 24.3 Å². The molecule has 0 aliphatic rings. The van der Waals surface area contributed by atoms with Crippen LogP contribution >= 0.6 is 12.4 Å². The second-order valence-electron chi connectivity index (χ2n) is 3.61. The Balaban J connectivity index is 0. The first-order valence-electron chi connectivity index (χ1n) is 5.38. The van der Waals surface area contributed by atoms with Gasteiger partial charge in [-0.25, -0.2) is 0 Å². The molecule has 1 aromatic carbocycles. The average Bonchev–Trinajstić information content (AvgIpc) is 2.30. The van der Waals surface area contributed by atoms with Gasteiger partial charge in [0.05, 0.1) is 6.54 Å². The third kappa shape index (κ3) is 12.6. The minimum atomic E-state index is -0.963. The number of benzene rings is 1. The number of carboxylic acid groups (broad SMARTS) is 2. The van der Waals surface area contributed by atoms with Crippen LogP contribution in [0.25, 0.3) is 0 Å². The molecule has 0 saturated heterocycles. The molecular weight excluding hydrogens is 272 g/mol. The predicted molar refractivity (Wildman–Crippen MR) is 74.3 cm³/mol. The van der Waals surface area contributed by atoms with Crippen molar-refractivity contribution in [2.24, 2.45) is 5.73 Å². The molecule has 19 heavy (non-hydrogen) atoms. The van der Waals surface area contributed by atoms with Gasteiger partial charge in [0.25, 0.3) is 0 Å². The summed E-state index contributed by atoms with van der Waals surface area (Å²) >= 11 is 0. The molecule has 0 spiro atoms. The molecule has 0 aromatic heterocycles. The average molecular weight is 291 g/mol. The van der Waals surface area contributed by atoms with Crippen molar-refractivity contribution in [3.63, 3.8) is 0 Å². The topological polar surface area (TPSA) is 113 Å². The van der Waals surface area contributed by atoms with Crippen LogP contribution in [0, 0.1) is 0 Å². The number of nitrogens with two attached hydrogens (primary N) is 1. The lowest BCUT2D eigenvalue weighted by Gasteiger charge is -2.00. The summed E-state index contributed by atoms with van der Waals surface area (Å²) in [5.74, 6) is -1.79. The smallest absolute Gasteiger partial charge is 0.320 e. The van der Waals surface area contributed by atoms with E-state index in [4.69, 9.17) is 15.9 Å². The van der Waals surface area contributed by atoms with E-state index >= 15 is 0 Å². The lowest BCUT2D eigenvalue weighted by atomic mass is 10.2. The van der Waals surface area contributed by atoms with E-state index in [0.717, 1.165) is 5.56 Å². The van der Waals surface area contributed by atoms with Gasteiger partial charge in [-0.2, -0.15) is 0 Å². The maximum Gasteiger partial charge on any atom is 0.320 e. The molecule has 108 valence electrons. The predicted octanol–water partition coefficient (Wildman–Crippen LogP) is 0.701. The van der Waals surface area contributed by atoms with Gasteiger partial charge in [0.1, 0.15) is 6.04 Å². The minimum Gasteiger partial charge on any atom is -0.480 e. The molecular formula is C12H19ClN2O4.